The van der Waals surface area contributed by atoms with Crippen molar-refractivity contribution < 1.29 is 26.9 Å². The van der Waals surface area contributed by atoms with Gasteiger partial charge in [-0.15, -0.1) is 0 Å². The van der Waals surface area contributed by atoms with Gasteiger partial charge < -0.3 is 14.0 Å². The second kappa shape index (κ2) is 8.06. The Morgan fingerprint density at radius 1 is 1.17 bits per heavy atom. The van der Waals surface area contributed by atoms with Crippen LogP contribution in [-0.4, -0.2) is 69.9 Å². The van der Waals surface area contributed by atoms with E-state index < -0.39 is 10.1 Å². The average Bonchev–Trinajstić information content (AvgIpc) is 2.14. The lowest BCUT2D eigenvalue weighted by molar-refractivity contribution is -0.896. The largest absolute Gasteiger partial charge is 0.348 e. The molecule has 18 heavy (non-hydrogen) atoms. The SMILES string of the molecule is CCOC(C[N+](C)(C)CCCS(=O)(=O)O)OCC. The first kappa shape index (κ1) is 17.8. The van der Waals surface area contributed by atoms with E-state index in [9.17, 15) is 8.42 Å². The van der Waals surface area contributed by atoms with Crippen molar-refractivity contribution in [2.24, 2.45) is 0 Å². The van der Waals surface area contributed by atoms with Crippen molar-refractivity contribution in [2.45, 2.75) is 26.6 Å². The molecule has 0 aliphatic rings. The van der Waals surface area contributed by atoms with Crippen molar-refractivity contribution in [3.8, 4) is 0 Å². The molecule has 0 aromatic heterocycles. The minimum atomic E-state index is -3.87. The van der Waals surface area contributed by atoms with E-state index in [1.807, 2.05) is 27.9 Å². The molecule has 0 atom stereocenters. The molecule has 7 heteroatoms. The Morgan fingerprint density at radius 2 is 1.67 bits per heavy atom. The second-order valence-electron chi connectivity index (χ2n) is 4.82. The minimum Gasteiger partial charge on any atom is -0.348 e. The summed E-state index contributed by atoms with van der Waals surface area (Å²) in [6.45, 7) is 6.25. The third-order valence-electron chi connectivity index (χ3n) is 2.51. The van der Waals surface area contributed by atoms with Crippen LogP contribution >= 0.6 is 0 Å². The van der Waals surface area contributed by atoms with E-state index in [1.165, 1.54) is 0 Å². The van der Waals surface area contributed by atoms with Crippen molar-refractivity contribution in [1.29, 1.82) is 0 Å². The number of ether oxygens (including phenoxy) is 2. The first-order valence-electron chi connectivity index (χ1n) is 6.20. The van der Waals surface area contributed by atoms with E-state index >= 15 is 0 Å². The summed E-state index contributed by atoms with van der Waals surface area (Å²) in [6.07, 6.45) is 0.136. The van der Waals surface area contributed by atoms with Crippen LogP contribution in [0.1, 0.15) is 20.3 Å². The topological polar surface area (TPSA) is 72.8 Å². The predicted octanol–water partition coefficient (Wildman–Crippen LogP) is 0.740. The molecule has 0 aliphatic heterocycles. The Morgan fingerprint density at radius 3 is 2.06 bits per heavy atom. The van der Waals surface area contributed by atoms with E-state index in [1.54, 1.807) is 0 Å². The molecular formula is C11H26NO5S+. The summed E-state index contributed by atoms with van der Waals surface area (Å²) in [5, 5.41) is 0. The zero-order valence-electron chi connectivity index (χ0n) is 11.8. The van der Waals surface area contributed by atoms with Gasteiger partial charge in [-0.25, -0.2) is 0 Å². The van der Waals surface area contributed by atoms with Crippen LogP contribution in [0, 0.1) is 0 Å². The lowest BCUT2D eigenvalue weighted by Gasteiger charge is -2.33. The van der Waals surface area contributed by atoms with Crippen LogP contribution in [0.5, 0.6) is 0 Å². The number of hydrogen-bond acceptors (Lipinski definition) is 4. The number of likely N-dealkylation sites (N-methyl/N-ethyl adjacent to an activating group) is 1. The number of quaternary nitrogens is 1. The van der Waals surface area contributed by atoms with Crippen molar-refractivity contribution in [2.75, 3.05) is 46.2 Å². The monoisotopic (exact) mass is 284 g/mol. The Kier molecular flexibility index (Phi) is 7.97. The van der Waals surface area contributed by atoms with Gasteiger partial charge in [0, 0.05) is 19.6 Å². The summed E-state index contributed by atoms with van der Waals surface area (Å²) in [7, 11) is 0.0944. The van der Waals surface area contributed by atoms with Crippen LogP contribution in [0.3, 0.4) is 0 Å². The van der Waals surface area contributed by atoms with Gasteiger partial charge in [-0.1, -0.05) is 0 Å². The van der Waals surface area contributed by atoms with E-state index in [2.05, 4.69) is 0 Å². The molecule has 0 bridgehead atoms. The van der Waals surface area contributed by atoms with Gasteiger partial charge in [0.1, 0.15) is 6.54 Å². The van der Waals surface area contributed by atoms with Crippen LogP contribution in [0.2, 0.25) is 0 Å². The fourth-order valence-electron chi connectivity index (χ4n) is 1.70. The highest BCUT2D eigenvalue weighted by molar-refractivity contribution is 7.85. The van der Waals surface area contributed by atoms with Gasteiger partial charge in [0.15, 0.2) is 0 Å². The molecule has 0 radical (unpaired) electrons. The maximum atomic E-state index is 10.6. The van der Waals surface area contributed by atoms with Gasteiger partial charge >= 0.3 is 0 Å². The Hall–Kier alpha value is -0.210. The summed E-state index contributed by atoms with van der Waals surface area (Å²) < 4.78 is 41.5. The van der Waals surface area contributed by atoms with E-state index in [4.69, 9.17) is 14.0 Å². The standard InChI is InChI=1S/C11H25NO5S/c1-5-16-11(17-6-2)10-12(3,4)8-7-9-18(13,14)15/h11H,5-10H2,1-4H3/p+1. The molecule has 0 fully saturated rings. The molecule has 0 saturated carbocycles. The number of nitrogens with zero attached hydrogens (tertiary/aromatic N) is 1. The molecule has 0 spiro atoms. The third kappa shape index (κ3) is 9.78. The summed E-state index contributed by atoms with van der Waals surface area (Å²) in [5.74, 6) is -0.206. The molecular weight excluding hydrogens is 258 g/mol. The van der Waals surface area contributed by atoms with Crippen LogP contribution in [0.15, 0.2) is 0 Å². The summed E-state index contributed by atoms with van der Waals surface area (Å²) >= 11 is 0. The molecule has 0 aromatic carbocycles. The van der Waals surface area contributed by atoms with Gasteiger partial charge in [0.2, 0.25) is 6.29 Å². The molecule has 0 aromatic rings. The summed E-state index contributed by atoms with van der Waals surface area (Å²) in [4.78, 5) is 0. The van der Waals surface area contributed by atoms with Crippen molar-refractivity contribution in [1.82, 2.24) is 0 Å². The fourth-order valence-corrected chi connectivity index (χ4v) is 2.19. The van der Waals surface area contributed by atoms with Crippen molar-refractivity contribution in [3.63, 3.8) is 0 Å². The lowest BCUT2D eigenvalue weighted by Crippen LogP contribution is -2.47. The highest BCUT2D eigenvalue weighted by Gasteiger charge is 2.23. The second-order valence-corrected chi connectivity index (χ2v) is 6.39. The smallest absolute Gasteiger partial charge is 0.265 e. The molecule has 0 heterocycles. The number of hydrogen-bond donors (Lipinski definition) is 1. The zero-order chi connectivity index (χ0) is 14.2. The normalized spacial score (nSPS) is 13.2. The van der Waals surface area contributed by atoms with Crippen LogP contribution in [0.25, 0.3) is 0 Å². The molecule has 0 amide bonds. The van der Waals surface area contributed by atoms with Gasteiger partial charge in [0.05, 0.1) is 26.4 Å². The summed E-state index contributed by atoms with van der Waals surface area (Å²) in [6, 6.07) is 0. The fraction of sp³-hybridized carbons (Fsp3) is 1.00. The third-order valence-corrected chi connectivity index (χ3v) is 3.32. The van der Waals surface area contributed by atoms with E-state index in [-0.39, 0.29) is 12.0 Å². The predicted molar refractivity (Wildman–Crippen MR) is 69.9 cm³/mol. The molecule has 0 aliphatic carbocycles. The van der Waals surface area contributed by atoms with Gasteiger partial charge in [0.25, 0.3) is 10.1 Å². The summed E-state index contributed by atoms with van der Waals surface area (Å²) in [5.41, 5.74) is 0. The zero-order valence-corrected chi connectivity index (χ0v) is 12.6. The maximum absolute atomic E-state index is 10.6. The minimum absolute atomic E-state index is 0.206. The first-order chi connectivity index (χ1) is 8.20. The van der Waals surface area contributed by atoms with Gasteiger partial charge in [-0.3, -0.25) is 4.55 Å². The highest BCUT2D eigenvalue weighted by Crippen LogP contribution is 2.07. The van der Waals surface area contributed by atoms with E-state index in [0.717, 1.165) is 0 Å². The van der Waals surface area contributed by atoms with Crippen LogP contribution < -0.4 is 0 Å². The Labute approximate surface area is 110 Å². The van der Waals surface area contributed by atoms with Crippen LogP contribution in [-0.2, 0) is 19.6 Å². The van der Waals surface area contributed by atoms with Crippen molar-refractivity contribution in [3.05, 3.63) is 0 Å². The Bertz CT molecular complexity index is 309. The quantitative estimate of drug-likeness (QED) is 0.364. The molecule has 1 N–H and O–H groups in total. The van der Waals surface area contributed by atoms with Crippen molar-refractivity contribution >= 4 is 10.1 Å². The molecule has 0 rings (SSSR count). The van der Waals surface area contributed by atoms with Crippen LogP contribution in [0.4, 0.5) is 0 Å². The Balaban J connectivity index is 4.17. The lowest BCUT2D eigenvalue weighted by atomic mass is 10.3. The van der Waals surface area contributed by atoms with E-state index in [0.29, 0.717) is 37.2 Å². The molecule has 6 nitrogen and oxygen atoms in total. The first-order valence-corrected chi connectivity index (χ1v) is 7.81. The highest BCUT2D eigenvalue weighted by atomic mass is 32.2. The van der Waals surface area contributed by atoms with Gasteiger partial charge in [-0.2, -0.15) is 8.42 Å². The average molecular weight is 284 g/mol. The number of rotatable bonds is 10. The van der Waals surface area contributed by atoms with Gasteiger partial charge in [-0.05, 0) is 13.8 Å². The molecule has 0 unspecified atom stereocenters. The maximum Gasteiger partial charge on any atom is 0.265 e. The molecule has 0 saturated heterocycles. The molecule has 110 valence electrons.